The average molecular weight is 454 g/mol. The number of anilines is 1. The van der Waals surface area contributed by atoms with Gasteiger partial charge in [0.15, 0.2) is 0 Å². The zero-order valence-corrected chi connectivity index (χ0v) is 19.8. The molecule has 1 aliphatic heterocycles. The highest BCUT2D eigenvalue weighted by Gasteiger charge is 2.26. The highest BCUT2D eigenvalue weighted by Crippen LogP contribution is 2.29. The maximum Gasteiger partial charge on any atom is 0.223 e. The van der Waals surface area contributed by atoms with Gasteiger partial charge in [-0.25, -0.2) is 0 Å². The molecule has 0 saturated carbocycles. The number of nitrogens with one attached hydrogen (secondary N) is 1. The van der Waals surface area contributed by atoms with Gasteiger partial charge in [-0.3, -0.25) is 9.36 Å². The normalized spacial score (nSPS) is 14.5. The Kier molecular flexibility index (Phi) is 7.09. The van der Waals surface area contributed by atoms with E-state index in [0.29, 0.717) is 13.2 Å². The van der Waals surface area contributed by atoms with E-state index >= 15 is 0 Å². The third-order valence-electron chi connectivity index (χ3n) is 5.95. The van der Waals surface area contributed by atoms with E-state index in [1.807, 2.05) is 19.1 Å². The molecular formula is C24H31N5O2S. The van der Waals surface area contributed by atoms with Crippen LogP contribution in [0.1, 0.15) is 36.7 Å². The molecule has 0 bridgehead atoms. The highest BCUT2D eigenvalue weighted by molar-refractivity contribution is 7.17. The molecule has 1 aromatic carbocycles. The van der Waals surface area contributed by atoms with Crippen molar-refractivity contribution < 1.29 is 9.53 Å². The Morgan fingerprint density at radius 3 is 2.38 bits per heavy atom. The molecule has 8 heteroatoms. The van der Waals surface area contributed by atoms with E-state index in [-0.39, 0.29) is 11.8 Å². The molecule has 1 N–H and O–H groups in total. The number of carbonyl (C=O) groups is 1. The van der Waals surface area contributed by atoms with Crippen LogP contribution in [0.25, 0.3) is 5.13 Å². The van der Waals surface area contributed by atoms with E-state index < -0.39 is 0 Å². The highest BCUT2D eigenvalue weighted by atomic mass is 32.1. The van der Waals surface area contributed by atoms with Crippen molar-refractivity contribution >= 4 is 22.4 Å². The van der Waals surface area contributed by atoms with Crippen LogP contribution in [-0.4, -0.2) is 46.9 Å². The number of hydrogen-bond donors (Lipinski definition) is 1. The summed E-state index contributed by atoms with van der Waals surface area (Å²) in [5.41, 5.74) is 3.51. The lowest BCUT2D eigenvalue weighted by Gasteiger charge is -2.30. The summed E-state index contributed by atoms with van der Waals surface area (Å²) in [5, 5.41) is 13.8. The molecule has 0 unspecified atom stereocenters. The molecule has 3 heterocycles. The van der Waals surface area contributed by atoms with Crippen molar-refractivity contribution in [2.75, 3.05) is 31.1 Å². The minimum absolute atomic E-state index is 0.0629. The molecule has 0 radical (unpaired) electrons. The monoisotopic (exact) mass is 453 g/mol. The quantitative estimate of drug-likeness (QED) is 0.560. The Morgan fingerprint density at radius 2 is 1.72 bits per heavy atom. The first-order chi connectivity index (χ1) is 15.5. The number of hydrogen-bond acceptors (Lipinski definition) is 6. The maximum atomic E-state index is 12.6. The minimum atomic E-state index is 0.0629. The number of ether oxygens (including phenoxy) is 1. The molecule has 0 aliphatic carbocycles. The van der Waals surface area contributed by atoms with Crippen molar-refractivity contribution in [3.63, 3.8) is 0 Å². The smallest absolute Gasteiger partial charge is 0.223 e. The second-order valence-corrected chi connectivity index (χ2v) is 9.13. The first-order valence-corrected chi connectivity index (χ1v) is 12.1. The van der Waals surface area contributed by atoms with Crippen LogP contribution in [0.3, 0.4) is 0 Å². The van der Waals surface area contributed by atoms with Crippen LogP contribution < -0.4 is 15.0 Å². The first-order valence-electron chi connectivity index (χ1n) is 11.3. The second-order valence-electron chi connectivity index (χ2n) is 8.20. The zero-order chi connectivity index (χ0) is 22.5. The van der Waals surface area contributed by atoms with Crippen molar-refractivity contribution in [1.29, 1.82) is 0 Å². The van der Waals surface area contributed by atoms with Crippen LogP contribution in [0.2, 0.25) is 0 Å². The molecule has 32 heavy (non-hydrogen) atoms. The van der Waals surface area contributed by atoms with Crippen LogP contribution in [0, 0.1) is 19.8 Å². The van der Waals surface area contributed by atoms with Crippen molar-refractivity contribution in [3.05, 3.63) is 53.3 Å². The maximum absolute atomic E-state index is 12.6. The number of aryl methyl sites for hydroxylation is 2. The molecule has 1 aliphatic rings. The topological polar surface area (TPSA) is 72.3 Å². The van der Waals surface area contributed by atoms with Gasteiger partial charge in [0, 0.05) is 36.9 Å². The van der Waals surface area contributed by atoms with Crippen LogP contribution in [-0.2, 0) is 11.2 Å². The first kappa shape index (κ1) is 22.3. The minimum Gasteiger partial charge on any atom is -0.494 e. The van der Waals surface area contributed by atoms with Gasteiger partial charge in [0.25, 0.3) is 0 Å². The molecule has 3 aromatic rings. The Labute approximate surface area is 193 Å². The van der Waals surface area contributed by atoms with Crippen LogP contribution in [0.4, 0.5) is 5.13 Å². The number of nitrogens with zero attached hydrogens (tertiary/aromatic N) is 4. The van der Waals surface area contributed by atoms with Gasteiger partial charge in [0.05, 0.1) is 6.61 Å². The Bertz CT molecular complexity index is 1020. The van der Waals surface area contributed by atoms with Gasteiger partial charge in [0.2, 0.25) is 16.2 Å². The molecule has 1 fully saturated rings. The Balaban J connectivity index is 1.23. The van der Waals surface area contributed by atoms with E-state index in [0.717, 1.165) is 59.8 Å². The van der Waals surface area contributed by atoms with E-state index in [1.54, 1.807) is 11.3 Å². The van der Waals surface area contributed by atoms with E-state index in [9.17, 15) is 4.79 Å². The van der Waals surface area contributed by atoms with E-state index in [4.69, 9.17) is 4.74 Å². The van der Waals surface area contributed by atoms with E-state index in [1.165, 1.54) is 5.56 Å². The molecule has 0 atom stereocenters. The lowest BCUT2D eigenvalue weighted by atomic mass is 9.96. The number of benzene rings is 1. The molecular weight excluding hydrogens is 422 g/mol. The molecule has 0 spiro atoms. The largest absolute Gasteiger partial charge is 0.494 e. The standard InChI is InChI=1S/C24H31N5O2S/c1-4-31-21-9-7-19(8-10-21)11-14-25-22(30)20-12-15-28(16-13-20)23-26-27-24(32-23)29-17(2)5-6-18(29)3/h5-10,20H,4,11-16H2,1-3H3,(H,25,30). The summed E-state index contributed by atoms with van der Waals surface area (Å²) < 4.78 is 7.60. The van der Waals surface area contributed by atoms with Gasteiger partial charge in [-0.2, -0.15) is 0 Å². The lowest BCUT2D eigenvalue weighted by molar-refractivity contribution is -0.125. The zero-order valence-electron chi connectivity index (χ0n) is 19.0. The predicted octanol–water partition coefficient (Wildman–Crippen LogP) is 3.92. The van der Waals surface area contributed by atoms with Crippen molar-refractivity contribution in [2.24, 2.45) is 5.92 Å². The fourth-order valence-corrected chi connectivity index (χ4v) is 5.14. The van der Waals surface area contributed by atoms with Gasteiger partial charge < -0.3 is 15.0 Å². The summed E-state index contributed by atoms with van der Waals surface area (Å²) in [6.07, 6.45) is 2.50. The van der Waals surface area contributed by atoms with Gasteiger partial charge in [-0.15, -0.1) is 10.2 Å². The number of amides is 1. The van der Waals surface area contributed by atoms with Crippen LogP contribution in [0.5, 0.6) is 5.75 Å². The summed E-state index contributed by atoms with van der Waals surface area (Å²) >= 11 is 1.61. The average Bonchev–Trinajstić information content (AvgIpc) is 3.41. The van der Waals surface area contributed by atoms with Crippen molar-refractivity contribution in [1.82, 2.24) is 20.1 Å². The van der Waals surface area contributed by atoms with Crippen LogP contribution in [0.15, 0.2) is 36.4 Å². The SMILES string of the molecule is CCOc1ccc(CCNC(=O)C2CCN(c3nnc(-n4c(C)ccc4C)s3)CC2)cc1. The van der Waals surface area contributed by atoms with Gasteiger partial charge in [0.1, 0.15) is 5.75 Å². The fraction of sp³-hybridized carbons (Fsp3) is 0.458. The van der Waals surface area contributed by atoms with E-state index in [2.05, 4.69) is 63.1 Å². The van der Waals surface area contributed by atoms with Gasteiger partial charge in [-0.1, -0.05) is 23.5 Å². The Morgan fingerprint density at radius 1 is 1.06 bits per heavy atom. The third kappa shape index (κ3) is 5.12. The third-order valence-corrected chi connectivity index (χ3v) is 6.92. The van der Waals surface area contributed by atoms with Gasteiger partial charge >= 0.3 is 0 Å². The fourth-order valence-electron chi connectivity index (χ4n) is 4.12. The Hall–Kier alpha value is -2.87. The molecule has 1 amide bonds. The molecule has 1 saturated heterocycles. The van der Waals surface area contributed by atoms with Crippen molar-refractivity contribution in [3.8, 4) is 10.9 Å². The number of piperidine rings is 1. The van der Waals surface area contributed by atoms with Gasteiger partial charge in [-0.05, 0) is 69.9 Å². The molecule has 7 nitrogen and oxygen atoms in total. The number of aromatic nitrogens is 3. The van der Waals surface area contributed by atoms with Crippen LogP contribution >= 0.6 is 11.3 Å². The summed E-state index contributed by atoms with van der Waals surface area (Å²) in [7, 11) is 0. The summed E-state index contributed by atoms with van der Waals surface area (Å²) in [4.78, 5) is 14.9. The molecule has 170 valence electrons. The molecule has 2 aromatic heterocycles. The number of carbonyl (C=O) groups excluding carboxylic acids is 1. The summed E-state index contributed by atoms with van der Waals surface area (Å²) in [5.74, 6) is 1.10. The van der Waals surface area contributed by atoms with Crippen molar-refractivity contribution in [2.45, 2.75) is 40.0 Å². The predicted molar refractivity (Wildman–Crippen MR) is 128 cm³/mol. The summed E-state index contributed by atoms with van der Waals surface area (Å²) in [6.45, 7) is 9.11. The number of rotatable bonds is 8. The summed E-state index contributed by atoms with van der Waals surface area (Å²) in [6, 6.07) is 12.3. The molecule has 4 rings (SSSR count). The second kappa shape index (κ2) is 10.2. The lowest BCUT2D eigenvalue weighted by Crippen LogP contribution is -2.41.